The minimum atomic E-state index is 0.532. The van der Waals surface area contributed by atoms with Crippen LogP contribution in [0.15, 0.2) is 11.6 Å². The van der Waals surface area contributed by atoms with E-state index in [1.165, 1.54) is 12.0 Å². The maximum absolute atomic E-state index is 4.52. The largest absolute Gasteiger partial charge is 0.309 e. The summed E-state index contributed by atoms with van der Waals surface area (Å²) >= 11 is 0. The number of hydrogen-bond donors (Lipinski definition) is 1. The van der Waals surface area contributed by atoms with Crippen LogP contribution < -0.4 is 5.32 Å². The summed E-state index contributed by atoms with van der Waals surface area (Å²) in [5.41, 5.74) is 1.36. The number of fused-ring (bicyclic) bond motifs is 1. The molecule has 4 nitrogen and oxygen atoms in total. The second-order valence-corrected chi connectivity index (χ2v) is 4.91. The SMILES string of the molecule is CCc1nc2n(n1)CC(NCC=C(C)C)CC2. The maximum atomic E-state index is 4.52. The van der Waals surface area contributed by atoms with Crippen molar-refractivity contribution in [2.45, 2.75) is 52.6 Å². The normalized spacial score (nSPS) is 18.9. The molecule has 0 spiro atoms. The predicted octanol–water partition coefficient (Wildman–Crippen LogP) is 1.71. The van der Waals surface area contributed by atoms with Crippen molar-refractivity contribution in [3.8, 4) is 0 Å². The van der Waals surface area contributed by atoms with Crippen molar-refractivity contribution in [1.82, 2.24) is 20.1 Å². The molecule has 1 aliphatic rings. The summed E-state index contributed by atoms with van der Waals surface area (Å²) in [7, 11) is 0. The molecule has 17 heavy (non-hydrogen) atoms. The summed E-state index contributed by atoms with van der Waals surface area (Å²) < 4.78 is 2.07. The molecule has 0 aromatic carbocycles. The van der Waals surface area contributed by atoms with E-state index in [4.69, 9.17) is 0 Å². The van der Waals surface area contributed by atoms with E-state index >= 15 is 0 Å². The van der Waals surface area contributed by atoms with Crippen molar-refractivity contribution >= 4 is 0 Å². The molecule has 4 heteroatoms. The number of allylic oxidation sites excluding steroid dienone is 1. The molecule has 0 fully saturated rings. The van der Waals surface area contributed by atoms with Crippen molar-refractivity contribution in [3.05, 3.63) is 23.3 Å². The lowest BCUT2D eigenvalue weighted by Gasteiger charge is -2.23. The fourth-order valence-electron chi connectivity index (χ4n) is 2.11. The van der Waals surface area contributed by atoms with E-state index in [9.17, 15) is 0 Å². The van der Waals surface area contributed by atoms with Crippen molar-refractivity contribution in [3.63, 3.8) is 0 Å². The van der Waals surface area contributed by atoms with E-state index in [-0.39, 0.29) is 0 Å². The van der Waals surface area contributed by atoms with Crippen molar-refractivity contribution in [2.75, 3.05) is 6.54 Å². The van der Waals surface area contributed by atoms with Gasteiger partial charge in [-0.3, -0.25) is 0 Å². The second kappa shape index (κ2) is 5.45. The Bertz CT molecular complexity index is 402. The van der Waals surface area contributed by atoms with Crippen molar-refractivity contribution in [1.29, 1.82) is 0 Å². The third kappa shape index (κ3) is 3.16. The van der Waals surface area contributed by atoms with Crippen LogP contribution in [0, 0.1) is 0 Å². The molecule has 1 unspecified atom stereocenters. The smallest absolute Gasteiger partial charge is 0.150 e. The van der Waals surface area contributed by atoms with Crippen LogP contribution in [-0.2, 0) is 19.4 Å². The Balaban J connectivity index is 1.91. The molecule has 1 atom stereocenters. The van der Waals surface area contributed by atoms with Crippen LogP contribution in [0.5, 0.6) is 0 Å². The van der Waals surface area contributed by atoms with Crippen LogP contribution in [-0.4, -0.2) is 27.4 Å². The first kappa shape index (κ1) is 12.3. The van der Waals surface area contributed by atoms with E-state index in [2.05, 4.69) is 46.9 Å². The van der Waals surface area contributed by atoms with Crippen LogP contribution >= 0.6 is 0 Å². The summed E-state index contributed by atoms with van der Waals surface area (Å²) in [6, 6.07) is 0.532. The molecule has 0 saturated heterocycles. The van der Waals surface area contributed by atoms with Gasteiger partial charge in [0.25, 0.3) is 0 Å². The standard InChI is InChI=1S/C13H22N4/c1-4-12-15-13-6-5-11(9-17(13)16-12)14-8-7-10(2)3/h7,11,14H,4-6,8-9H2,1-3H3. The molecule has 1 aliphatic heterocycles. The number of aromatic nitrogens is 3. The molecule has 1 aromatic heterocycles. The lowest BCUT2D eigenvalue weighted by Crippen LogP contribution is -2.37. The molecule has 0 saturated carbocycles. The van der Waals surface area contributed by atoms with Gasteiger partial charge in [-0.25, -0.2) is 9.67 Å². The lowest BCUT2D eigenvalue weighted by atomic mass is 10.1. The Morgan fingerprint density at radius 3 is 3.06 bits per heavy atom. The first-order chi connectivity index (χ1) is 8.19. The monoisotopic (exact) mass is 234 g/mol. The Hall–Kier alpha value is -1.16. The topological polar surface area (TPSA) is 42.7 Å². The summed E-state index contributed by atoms with van der Waals surface area (Å²) in [5.74, 6) is 2.13. The third-order valence-corrected chi connectivity index (χ3v) is 3.13. The van der Waals surface area contributed by atoms with Gasteiger partial charge in [0.15, 0.2) is 5.82 Å². The van der Waals surface area contributed by atoms with Gasteiger partial charge in [0.05, 0.1) is 6.54 Å². The summed E-state index contributed by atoms with van der Waals surface area (Å²) in [6.07, 6.45) is 5.36. The predicted molar refractivity (Wildman–Crippen MR) is 68.9 cm³/mol. The van der Waals surface area contributed by atoms with E-state index in [0.717, 1.165) is 37.6 Å². The van der Waals surface area contributed by atoms with Gasteiger partial charge in [0.1, 0.15) is 5.82 Å². The maximum Gasteiger partial charge on any atom is 0.150 e. The van der Waals surface area contributed by atoms with Crippen molar-refractivity contribution < 1.29 is 0 Å². The Kier molecular flexibility index (Phi) is 3.94. The highest BCUT2D eigenvalue weighted by molar-refractivity contribution is 4.99. The molecule has 0 amide bonds. The zero-order valence-electron chi connectivity index (χ0n) is 11.0. The highest BCUT2D eigenvalue weighted by Gasteiger charge is 2.20. The van der Waals surface area contributed by atoms with Gasteiger partial charge in [-0.2, -0.15) is 5.10 Å². The van der Waals surface area contributed by atoms with Gasteiger partial charge in [0, 0.05) is 25.4 Å². The number of nitrogens with zero attached hydrogens (tertiary/aromatic N) is 3. The highest BCUT2D eigenvalue weighted by atomic mass is 15.4. The van der Waals surface area contributed by atoms with E-state index in [0.29, 0.717) is 6.04 Å². The minimum absolute atomic E-state index is 0.532. The van der Waals surface area contributed by atoms with Crippen LogP contribution in [0.3, 0.4) is 0 Å². The molecule has 0 radical (unpaired) electrons. The molecule has 1 aromatic rings. The lowest BCUT2D eigenvalue weighted by molar-refractivity contribution is 0.369. The zero-order valence-corrected chi connectivity index (χ0v) is 11.0. The third-order valence-electron chi connectivity index (χ3n) is 3.13. The quantitative estimate of drug-likeness (QED) is 0.807. The van der Waals surface area contributed by atoms with Crippen LogP contribution in [0.25, 0.3) is 0 Å². The number of aryl methyl sites for hydroxylation is 2. The van der Waals surface area contributed by atoms with Gasteiger partial charge < -0.3 is 5.32 Å². The van der Waals surface area contributed by atoms with E-state index in [1.54, 1.807) is 0 Å². The first-order valence-corrected chi connectivity index (χ1v) is 6.48. The Morgan fingerprint density at radius 1 is 1.53 bits per heavy atom. The molecule has 94 valence electrons. The number of nitrogens with one attached hydrogen (secondary N) is 1. The van der Waals surface area contributed by atoms with Gasteiger partial charge in [-0.15, -0.1) is 0 Å². The van der Waals surface area contributed by atoms with E-state index < -0.39 is 0 Å². The van der Waals surface area contributed by atoms with Gasteiger partial charge in [-0.05, 0) is 20.3 Å². The highest BCUT2D eigenvalue weighted by Crippen LogP contribution is 2.13. The molecular formula is C13H22N4. The molecule has 1 N–H and O–H groups in total. The van der Waals surface area contributed by atoms with Gasteiger partial charge >= 0.3 is 0 Å². The van der Waals surface area contributed by atoms with Crippen LogP contribution in [0.2, 0.25) is 0 Å². The number of rotatable bonds is 4. The average molecular weight is 234 g/mol. The first-order valence-electron chi connectivity index (χ1n) is 6.48. The fraction of sp³-hybridized carbons (Fsp3) is 0.692. The Morgan fingerprint density at radius 2 is 2.35 bits per heavy atom. The molecule has 0 aliphatic carbocycles. The molecular weight excluding hydrogens is 212 g/mol. The number of hydrogen-bond acceptors (Lipinski definition) is 3. The summed E-state index contributed by atoms with van der Waals surface area (Å²) in [6.45, 7) is 8.28. The van der Waals surface area contributed by atoms with Gasteiger partial charge in [0.2, 0.25) is 0 Å². The van der Waals surface area contributed by atoms with E-state index in [1.807, 2.05) is 0 Å². The summed E-state index contributed by atoms with van der Waals surface area (Å²) in [4.78, 5) is 4.52. The molecule has 0 bridgehead atoms. The van der Waals surface area contributed by atoms with Gasteiger partial charge in [-0.1, -0.05) is 18.6 Å². The fourth-order valence-corrected chi connectivity index (χ4v) is 2.11. The van der Waals surface area contributed by atoms with Crippen molar-refractivity contribution in [2.24, 2.45) is 0 Å². The van der Waals surface area contributed by atoms with Crippen LogP contribution in [0.4, 0.5) is 0 Å². The second-order valence-electron chi connectivity index (χ2n) is 4.91. The Labute approximate surface area is 103 Å². The molecule has 2 rings (SSSR count). The van der Waals surface area contributed by atoms with Crippen LogP contribution in [0.1, 0.15) is 38.8 Å². The zero-order chi connectivity index (χ0) is 12.3. The minimum Gasteiger partial charge on any atom is -0.309 e. The molecule has 2 heterocycles. The summed E-state index contributed by atoms with van der Waals surface area (Å²) in [5, 5.41) is 8.07. The average Bonchev–Trinajstić information content (AvgIpc) is 2.70.